The third-order valence-corrected chi connectivity index (χ3v) is 5.49. The van der Waals surface area contributed by atoms with E-state index in [-0.39, 0.29) is 17.2 Å². The standard InChI is InChI=1S/C11H17BrN2O3S/c1-11(2,7-15)14(3)18(16,17)10-5-4-8(12)6-9(10)13/h4-6,15H,7,13H2,1-3H3. The van der Waals surface area contributed by atoms with Gasteiger partial charge in [0.15, 0.2) is 0 Å². The number of aliphatic hydroxyl groups excluding tert-OH is 1. The molecule has 0 unspecified atom stereocenters. The fourth-order valence-electron chi connectivity index (χ4n) is 1.33. The zero-order valence-electron chi connectivity index (χ0n) is 10.5. The maximum absolute atomic E-state index is 12.4. The number of nitrogens with two attached hydrogens (primary N) is 1. The maximum atomic E-state index is 12.4. The molecule has 0 bridgehead atoms. The molecule has 0 fully saturated rings. The van der Waals surface area contributed by atoms with E-state index in [4.69, 9.17) is 5.73 Å². The molecule has 1 aromatic rings. The molecule has 0 heterocycles. The molecule has 0 saturated heterocycles. The second-order valence-corrected chi connectivity index (χ2v) is 7.48. The highest BCUT2D eigenvalue weighted by Crippen LogP contribution is 2.28. The average molecular weight is 337 g/mol. The first-order chi connectivity index (χ1) is 8.13. The Morgan fingerprint density at radius 1 is 1.44 bits per heavy atom. The summed E-state index contributed by atoms with van der Waals surface area (Å²) in [6.45, 7) is 3.00. The number of benzene rings is 1. The first-order valence-electron chi connectivity index (χ1n) is 5.28. The van der Waals surface area contributed by atoms with E-state index in [1.54, 1.807) is 19.9 Å². The SMILES string of the molecule is CN(C(C)(C)CO)S(=O)(=O)c1ccc(Br)cc1N. The van der Waals surface area contributed by atoms with Crippen LogP contribution >= 0.6 is 15.9 Å². The highest BCUT2D eigenvalue weighted by atomic mass is 79.9. The van der Waals surface area contributed by atoms with E-state index < -0.39 is 15.6 Å². The predicted octanol–water partition coefficient (Wildman–Crippen LogP) is 1.42. The summed E-state index contributed by atoms with van der Waals surface area (Å²) in [6, 6.07) is 4.59. The Kier molecular flexibility index (Phi) is 4.42. The fraction of sp³-hybridized carbons (Fsp3) is 0.455. The van der Waals surface area contributed by atoms with E-state index in [1.807, 2.05) is 0 Å². The van der Waals surface area contributed by atoms with Crippen molar-refractivity contribution in [3.63, 3.8) is 0 Å². The lowest BCUT2D eigenvalue weighted by molar-refractivity contribution is 0.138. The van der Waals surface area contributed by atoms with Gasteiger partial charge < -0.3 is 10.8 Å². The minimum absolute atomic E-state index is 0.0368. The topological polar surface area (TPSA) is 83.6 Å². The second-order valence-electron chi connectivity index (χ2n) is 4.63. The van der Waals surface area contributed by atoms with Gasteiger partial charge in [-0.2, -0.15) is 4.31 Å². The molecule has 0 amide bonds. The molecule has 1 rings (SSSR count). The van der Waals surface area contributed by atoms with E-state index in [9.17, 15) is 13.5 Å². The van der Waals surface area contributed by atoms with Crippen LogP contribution in [0, 0.1) is 0 Å². The Morgan fingerprint density at radius 2 is 2.00 bits per heavy atom. The van der Waals surface area contributed by atoms with Gasteiger partial charge >= 0.3 is 0 Å². The molecule has 0 radical (unpaired) electrons. The number of sulfonamides is 1. The second kappa shape index (κ2) is 5.16. The van der Waals surface area contributed by atoms with Crippen molar-refractivity contribution in [1.29, 1.82) is 0 Å². The van der Waals surface area contributed by atoms with Gasteiger partial charge in [-0.25, -0.2) is 8.42 Å². The Labute approximate surface area is 116 Å². The van der Waals surface area contributed by atoms with Crippen LogP contribution in [0.3, 0.4) is 0 Å². The third-order valence-electron chi connectivity index (χ3n) is 2.85. The number of anilines is 1. The van der Waals surface area contributed by atoms with Gasteiger partial charge in [-0.05, 0) is 32.0 Å². The molecule has 0 aliphatic heterocycles. The van der Waals surface area contributed by atoms with Gasteiger partial charge in [-0.15, -0.1) is 0 Å². The summed E-state index contributed by atoms with van der Waals surface area (Å²) in [5, 5.41) is 9.24. The summed E-state index contributed by atoms with van der Waals surface area (Å²) in [7, 11) is -2.31. The predicted molar refractivity (Wildman–Crippen MR) is 74.7 cm³/mol. The highest BCUT2D eigenvalue weighted by molar-refractivity contribution is 9.10. The first-order valence-corrected chi connectivity index (χ1v) is 7.51. The Balaban J connectivity index is 3.30. The molecule has 0 atom stereocenters. The van der Waals surface area contributed by atoms with Crippen LogP contribution in [-0.2, 0) is 10.0 Å². The normalized spacial score (nSPS) is 13.0. The summed E-state index contributed by atoms with van der Waals surface area (Å²) >= 11 is 3.22. The maximum Gasteiger partial charge on any atom is 0.245 e. The molecule has 3 N–H and O–H groups in total. The van der Waals surface area contributed by atoms with Crippen LogP contribution in [0.15, 0.2) is 27.6 Å². The van der Waals surface area contributed by atoms with E-state index in [1.165, 1.54) is 19.2 Å². The molecule has 5 nitrogen and oxygen atoms in total. The van der Waals surface area contributed by atoms with Crippen LogP contribution in [0.4, 0.5) is 5.69 Å². The molecule has 0 aromatic heterocycles. The van der Waals surface area contributed by atoms with Crippen molar-refractivity contribution in [3.8, 4) is 0 Å². The van der Waals surface area contributed by atoms with Crippen molar-refractivity contribution in [1.82, 2.24) is 4.31 Å². The number of nitrogen functional groups attached to an aromatic ring is 1. The largest absolute Gasteiger partial charge is 0.398 e. The summed E-state index contributed by atoms with van der Waals surface area (Å²) in [5.74, 6) is 0. The molecule has 1 aromatic carbocycles. The Bertz CT molecular complexity index is 543. The van der Waals surface area contributed by atoms with Crippen molar-refractivity contribution in [3.05, 3.63) is 22.7 Å². The number of hydrogen-bond acceptors (Lipinski definition) is 4. The number of likely N-dealkylation sites (N-methyl/N-ethyl adjacent to an activating group) is 1. The molecule has 0 saturated carbocycles. The van der Waals surface area contributed by atoms with Gasteiger partial charge in [0.05, 0.1) is 17.8 Å². The summed E-state index contributed by atoms with van der Waals surface area (Å²) in [4.78, 5) is 0.0368. The van der Waals surface area contributed by atoms with Crippen molar-refractivity contribution >= 4 is 31.6 Å². The van der Waals surface area contributed by atoms with Crippen LogP contribution in [0.2, 0.25) is 0 Å². The molecule has 18 heavy (non-hydrogen) atoms. The van der Waals surface area contributed by atoms with Gasteiger partial charge in [0.1, 0.15) is 4.90 Å². The van der Waals surface area contributed by atoms with Gasteiger partial charge in [-0.1, -0.05) is 15.9 Å². The fourth-order valence-corrected chi connectivity index (χ4v) is 3.31. The van der Waals surface area contributed by atoms with Gasteiger partial charge in [-0.3, -0.25) is 0 Å². The van der Waals surface area contributed by atoms with Crippen molar-refractivity contribution in [2.24, 2.45) is 0 Å². The van der Waals surface area contributed by atoms with Crippen LogP contribution in [0.1, 0.15) is 13.8 Å². The number of halogens is 1. The van der Waals surface area contributed by atoms with Crippen LogP contribution in [-0.4, -0.2) is 37.0 Å². The lowest BCUT2D eigenvalue weighted by atomic mass is 10.1. The average Bonchev–Trinajstić information content (AvgIpc) is 2.27. The van der Waals surface area contributed by atoms with Crippen LogP contribution in [0.5, 0.6) is 0 Å². The summed E-state index contributed by atoms with van der Waals surface area (Å²) in [5.41, 5.74) is 5.01. The Hall–Kier alpha value is -0.630. The van der Waals surface area contributed by atoms with Crippen molar-refractivity contribution in [2.75, 3.05) is 19.4 Å². The minimum Gasteiger partial charge on any atom is -0.398 e. The lowest BCUT2D eigenvalue weighted by Gasteiger charge is -2.33. The molecule has 102 valence electrons. The first kappa shape index (κ1) is 15.4. The Morgan fingerprint density at radius 3 is 2.44 bits per heavy atom. The van der Waals surface area contributed by atoms with Crippen LogP contribution in [0.25, 0.3) is 0 Å². The number of rotatable bonds is 4. The van der Waals surface area contributed by atoms with E-state index >= 15 is 0 Å². The monoisotopic (exact) mass is 336 g/mol. The van der Waals surface area contributed by atoms with E-state index in [2.05, 4.69) is 15.9 Å². The van der Waals surface area contributed by atoms with E-state index in [0.717, 1.165) is 4.31 Å². The number of aliphatic hydroxyl groups is 1. The van der Waals surface area contributed by atoms with Gasteiger partial charge in [0.2, 0.25) is 10.0 Å². The molecule has 0 aliphatic rings. The zero-order chi connectivity index (χ0) is 14.1. The minimum atomic E-state index is -3.73. The quantitative estimate of drug-likeness (QED) is 0.814. The lowest BCUT2D eigenvalue weighted by Crippen LogP contribution is -2.47. The number of nitrogens with zero attached hydrogens (tertiary/aromatic N) is 1. The highest BCUT2D eigenvalue weighted by Gasteiger charge is 2.34. The molecule has 0 aliphatic carbocycles. The van der Waals surface area contributed by atoms with Gasteiger partial charge in [0, 0.05) is 11.5 Å². The molecular formula is C11H17BrN2O3S. The van der Waals surface area contributed by atoms with Crippen LogP contribution < -0.4 is 5.73 Å². The number of hydrogen-bond donors (Lipinski definition) is 2. The van der Waals surface area contributed by atoms with Crippen molar-refractivity contribution in [2.45, 2.75) is 24.3 Å². The molecule has 7 heteroatoms. The summed E-state index contributed by atoms with van der Waals surface area (Å²) in [6.07, 6.45) is 0. The zero-order valence-corrected chi connectivity index (χ0v) is 12.9. The summed E-state index contributed by atoms with van der Waals surface area (Å²) < 4.78 is 26.6. The third kappa shape index (κ3) is 2.85. The molecule has 0 spiro atoms. The molecular weight excluding hydrogens is 320 g/mol. The van der Waals surface area contributed by atoms with E-state index in [0.29, 0.717) is 4.47 Å². The van der Waals surface area contributed by atoms with Gasteiger partial charge in [0.25, 0.3) is 0 Å². The van der Waals surface area contributed by atoms with Crippen molar-refractivity contribution < 1.29 is 13.5 Å². The smallest absolute Gasteiger partial charge is 0.245 e.